The first-order chi connectivity index (χ1) is 13.3. The van der Waals surface area contributed by atoms with E-state index < -0.39 is 11.7 Å². The topological polar surface area (TPSA) is 84.5 Å². The predicted octanol–water partition coefficient (Wildman–Crippen LogP) is 2.89. The summed E-state index contributed by atoms with van der Waals surface area (Å²) >= 11 is 2.02. The number of hydrogen-bond donors (Lipinski definition) is 2. The van der Waals surface area contributed by atoms with Gasteiger partial charge < -0.3 is 19.4 Å². The first-order valence-electron chi connectivity index (χ1n) is 8.77. The van der Waals surface area contributed by atoms with E-state index in [9.17, 15) is 14.0 Å². The van der Waals surface area contributed by atoms with E-state index in [0.717, 1.165) is 3.57 Å². The highest BCUT2D eigenvalue weighted by molar-refractivity contribution is 14.1. The number of aryl methyl sites for hydroxylation is 1. The number of benzene rings is 1. The fourth-order valence-electron chi connectivity index (χ4n) is 3.14. The van der Waals surface area contributed by atoms with Gasteiger partial charge in [0.15, 0.2) is 5.58 Å². The number of furan rings is 1. The van der Waals surface area contributed by atoms with Gasteiger partial charge in [-0.25, -0.2) is 4.39 Å². The van der Waals surface area contributed by atoms with E-state index in [1.165, 1.54) is 16.9 Å². The molecule has 6 nitrogen and oxygen atoms in total. The molecule has 0 saturated heterocycles. The lowest BCUT2D eigenvalue weighted by molar-refractivity contribution is 0.0950. The molecular formula is C20H20FIN2O4. The van der Waals surface area contributed by atoms with Crippen LogP contribution in [-0.4, -0.2) is 28.7 Å². The van der Waals surface area contributed by atoms with Gasteiger partial charge in [0.1, 0.15) is 11.4 Å². The number of aliphatic hydroxyl groups is 1. The van der Waals surface area contributed by atoms with Gasteiger partial charge in [-0.1, -0.05) is 6.07 Å². The Hall–Kier alpha value is -2.20. The maximum atomic E-state index is 14.4. The number of rotatable bonds is 6. The van der Waals surface area contributed by atoms with Gasteiger partial charge in [-0.2, -0.15) is 0 Å². The summed E-state index contributed by atoms with van der Waals surface area (Å²) in [5, 5.41) is 12.0. The summed E-state index contributed by atoms with van der Waals surface area (Å²) in [5.41, 5.74) is 1.49. The number of pyridine rings is 1. The summed E-state index contributed by atoms with van der Waals surface area (Å²) in [7, 11) is 1.57. The van der Waals surface area contributed by atoms with E-state index in [-0.39, 0.29) is 36.3 Å². The lowest BCUT2D eigenvalue weighted by Crippen LogP contribution is -2.31. The van der Waals surface area contributed by atoms with E-state index in [4.69, 9.17) is 9.52 Å². The number of nitrogens with zero attached hydrogens (tertiary/aromatic N) is 1. The van der Waals surface area contributed by atoms with Crippen molar-refractivity contribution in [3.63, 3.8) is 0 Å². The minimum atomic E-state index is -0.427. The van der Waals surface area contributed by atoms with Crippen LogP contribution >= 0.6 is 22.6 Å². The molecule has 28 heavy (non-hydrogen) atoms. The van der Waals surface area contributed by atoms with Crippen LogP contribution in [-0.2, 0) is 13.5 Å². The molecule has 0 aliphatic rings. The average molecular weight is 498 g/mol. The quantitative estimate of drug-likeness (QED) is 0.405. The summed E-state index contributed by atoms with van der Waals surface area (Å²) in [4.78, 5) is 25.7. The van der Waals surface area contributed by atoms with Crippen molar-refractivity contribution in [3.05, 3.63) is 66.6 Å². The largest absolute Gasteiger partial charge is 0.463 e. The Morgan fingerprint density at radius 1 is 1.39 bits per heavy atom. The van der Waals surface area contributed by atoms with Crippen LogP contribution in [0.5, 0.6) is 0 Å². The molecule has 148 valence electrons. The maximum Gasteiger partial charge on any atom is 0.261 e. The van der Waals surface area contributed by atoms with Crippen LogP contribution in [0.25, 0.3) is 11.0 Å². The second kappa shape index (κ2) is 8.44. The Morgan fingerprint density at radius 2 is 2.14 bits per heavy atom. The maximum absolute atomic E-state index is 14.4. The Kier molecular flexibility index (Phi) is 6.19. The summed E-state index contributed by atoms with van der Waals surface area (Å²) < 4.78 is 22.1. The van der Waals surface area contributed by atoms with Gasteiger partial charge in [-0.05, 0) is 53.6 Å². The highest BCUT2D eigenvalue weighted by Crippen LogP contribution is 2.26. The molecule has 2 N–H and O–H groups in total. The van der Waals surface area contributed by atoms with E-state index in [1.807, 2.05) is 22.6 Å². The smallest absolute Gasteiger partial charge is 0.261 e. The zero-order chi connectivity index (χ0) is 20.4. The van der Waals surface area contributed by atoms with E-state index in [0.29, 0.717) is 28.6 Å². The van der Waals surface area contributed by atoms with Gasteiger partial charge >= 0.3 is 0 Å². The molecule has 0 aliphatic carbocycles. The van der Waals surface area contributed by atoms with Crippen molar-refractivity contribution >= 4 is 39.5 Å². The molecule has 0 spiro atoms. The van der Waals surface area contributed by atoms with Crippen LogP contribution in [0.15, 0.2) is 33.7 Å². The number of hydrogen-bond acceptors (Lipinski definition) is 4. The zero-order valence-corrected chi connectivity index (χ0v) is 17.7. The highest BCUT2D eigenvalue weighted by atomic mass is 127. The fraction of sp³-hybridized carbons (Fsp3) is 0.300. The van der Waals surface area contributed by atoms with Crippen molar-refractivity contribution in [1.29, 1.82) is 0 Å². The van der Waals surface area contributed by atoms with Crippen LogP contribution in [0, 0.1) is 16.3 Å². The molecule has 0 atom stereocenters. The van der Waals surface area contributed by atoms with Gasteiger partial charge in [-0.3, -0.25) is 9.59 Å². The number of fused-ring (bicyclic) bond motifs is 1. The van der Waals surface area contributed by atoms with E-state index in [2.05, 4.69) is 5.32 Å². The normalized spacial score (nSPS) is 11.2. The minimum absolute atomic E-state index is 0.0520. The number of amides is 1. The fourth-order valence-corrected chi connectivity index (χ4v) is 3.59. The van der Waals surface area contributed by atoms with E-state index in [1.54, 1.807) is 26.1 Å². The molecule has 0 bridgehead atoms. The first kappa shape index (κ1) is 20.5. The van der Waals surface area contributed by atoms with Gasteiger partial charge in [0, 0.05) is 41.4 Å². The molecule has 0 saturated carbocycles. The summed E-state index contributed by atoms with van der Waals surface area (Å²) in [5.74, 6) is -0.828. The number of carbonyl (C=O) groups excluding carboxylic acids is 1. The van der Waals surface area contributed by atoms with Crippen LogP contribution < -0.4 is 10.9 Å². The van der Waals surface area contributed by atoms with E-state index >= 15 is 0 Å². The summed E-state index contributed by atoms with van der Waals surface area (Å²) in [6.45, 7) is 1.96. The molecular weight excluding hydrogens is 478 g/mol. The van der Waals surface area contributed by atoms with Crippen molar-refractivity contribution in [1.82, 2.24) is 9.88 Å². The summed E-state index contributed by atoms with van der Waals surface area (Å²) in [6.07, 6.45) is 1.90. The molecule has 0 fully saturated rings. The minimum Gasteiger partial charge on any atom is -0.463 e. The monoisotopic (exact) mass is 498 g/mol. The van der Waals surface area contributed by atoms with Crippen LogP contribution in [0.1, 0.15) is 33.6 Å². The third kappa shape index (κ3) is 3.83. The molecule has 1 aromatic carbocycles. The lowest BCUT2D eigenvalue weighted by atomic mass is 10.0. The van der Waals surface area contributed by atoms with Gasteiger partial charge in [-0.15, -0.1) is 0 Å². The lowest BCUT2D eigenvalue weighted by Gasteiger charge is -2.15. The molecule has 3 rings (SSSR count). The Labute approximate surface area is 174 Å². The molecule has 3 aromatic rings. The number of halogens is 2. The SMILES string of the molecule is Cc1coc2c(C(=O)NCCCO)c(Cc3ccc(I)cc3F)n(C)c(=O)c12. The molecule has 2 aromatic heterocycles. The Bertz CT molecular complexity index is 1100. The van der Waals surface area contributed by atoms with Gasteiger partial charge in [0.25, 0.3) is 11.5 Å². The van der Waals surface area contributed by atoms with Gasteiger partial charge in [0.05, 0.1) is 11.6 Å². The Morgan fingerprint density at radius 3 is 2.82 bits per heavy atom. The molecule has 2 heterocycles. The molecule has 0 radical (unpaired) electrons. The molecule has 1 amide bonds. The second-order valence-electron chi connectivity index (χ2n) is 6.55. The molecule has 8 heteroatoms. The Balaban J connectivity index is 2.19. The standard InChI is InChI=1S/C20H20FIN2O4/c1-11-10-28-18-16(11)20(27)24(2)15(17(18)19(26)23-6-3-7-25)8-12-4-5-13(22)9-14(12)21/h4-5,9-10,25H,3,6-8H2,1-2H3,(H,23,26). The summed E-state index contributed by atoms with van der Waals surface area (Å²) in [6, 6.07) is 4.82. The average Bonchev–Trinajstić information content (AvgIpc) is 3.03. The van der Waals surface area contributed by atoms with Crippen LogP contribution in [0.4, 0.5) is 4.39 Å². The number of nitrogens with one attached hydrogen (secondary N) is 1. The number of aromatic nitrogens is 1. The molecule has 0 unspecified atom stereocenters. The van der Waals surface area contributed by atoms with Crippen LogP contribution in [0.2, 0.25) is 0 Å². The van der Waals surface area contributed by atoms with Crippen LogP contribution in [0.3, 0.4) is 0 Å². The first-order valence-corrected chi connectivity index (χ1v) is 9.85. The van der Waals surface area contributed by atoms with Crippen molar-refractivity contribution < 1.29 is 18.7 Å². The van der Waals surface area contributed by atoms with Gasteiger partial charge in [0.2, 0.25) is 0 Å². The van der Waals surface area contributed by atoms with Crippen molar-refractivity contribution in [3.8, 4) is 0 Å². The third-order valence-electron chi connectivity index (χ3n) is 4.63. The third-order valence-corrected chi connectivity index (χ3v) is 5.31. The highest BCUT2D eigenvalue weighted by Gasteiger charge is 2.25. The molecule has 0 aliphatic heterocycles. The van der Waals surface area contributed by atoms with Crippen molar-refractivity contribution in [2.24, 2.45) is 7.05 Å². The van der Waals surface area contributed by atoms with Crippen molar-refractivity contribution in [2.75, 3.05) is 13.2 Å². The number of carbonyl (C=O) groups is 1. The number of aliphatic hydroxyl groups excluding tert-OH is 1. The van der Waals surface area contributed by atoms with Crippen molar-refractivity contribution in [2.45, 2.75) is 19.8 Å². The zero-order valence-electron chi connectivity index (χ0n) is 15.5. The predicted molar refractivity (Wildman–Crippen MR) is 112 cm³/mol. The second-order valence-corrected chi connectivity index (χ2v) is 7.80.